The second-order valence-corrected chi connectivity index (χ2v) is 7.53. The molecule has 5 heteroatoms. The summed E-state index contributed by atoms with van der Waals surface area (Å²) in [5, 5.41) is 12.0. The van der Waals surface area contributed by atoms with E-state index in [0.29, 0.717) is 12.3 Å². The van der Waals surface area contributed by atoms with Gasteiger partial charge in [0.2, 0.25) is 0 Å². The largest absolute Gasteiger partial charge is 0.381 e. The molecule has 5 rings (SSSR count). The molecule has 2 fully saturated rings. The van der Waals surface area contributed by atoms with Crippen LogP contribution in [-0.2, 0) is 9.53 Å². The van der Waals surface area contributed by atoms with Gasteiger partial charge in [0.1, 0.15) is 0 Å². The highest BCUT2D eigenvalue weighted by Gasteiger charge is 2.54. The van der Waals surface area contributed by atoms with Crippen molar-refractivity contribution in [1.82, 2.24) is 5.32 Å². The van der Waals surface area contributed by atoms with Crippen molar-refractivity contribution in [3.05, 3.63) is 22.7 Å². The van der Waals surface area contributed by atoms with Crippen LogP contribution in [0.2, 0.25) is 0 Å². The molecule has 5 aliphatic rings. The summed E-state index contributed by atoms with van der Waals surface area (Å²) in [7, 11) is 0. The number of nitrogens with one attached hydrogen (secondary N) is 1. The van der Waals surface area contributed by atoms with Gasteiger partial charge in [0, 0.05) is 41.9 Å². The fourth-order valence-corrected chi connectivity index (χ4v) is 5.17. The van der Waals surface area contributed by atoms with E-state index in [1.54, 1.807) is 0 Å². The molecule has 0 aromatic rings. The molecule has 0 aromatic carbocycles. The zero-order valence-electron chi connectivity index (χ0n) is 12.8. The summed E-state index contributed by atoms with van der Waals surface area (Å²) in [6.45, 7) is 2.09. The van der Waals surface area contributed by atoms with Gasteiger partial charge in [-0.05, 0) is 37.5 Å². The van der Waals surface area contributed by atoms with Crippen LogP contribution in [-0.4, -0.2) is 25.5 Å². The molecule has 0 aromatic heterocycles. The maximum atomic E-state index is 13.1. The molecule has 1 saturated heterocycles. The van der Waals surface area contributed by atoms with Crippen molar-refractivity contribution < 1.29 is 9.53 Å². The zero-order chi connectivity index (χ0) is 14.8. The van der Waals surface area contributed by atoms with E-state index in [1.807, 2.05) is 0 Å². The van der Waals surface area contributed by atoms with Gasteiger partial charge in [0.05, 0.1) is 6.54 Å². The molecule has 2 aliphatic carbocycles. The standard InChI is InChI=1S/C17H21N3O2/c21-13-9-16(2-1-3-16)8-12-14(13)17(4-6-22-7-5-17)11-10-18-20-15(11)19-12/h19H,1-10H2. The Morgan fingerprint density at radius 3 is 2.64 bits per heavy atom. The normalized spacial score (nSPS) is 31.2. The molecule has 5 nitrogen and oxygen atoms in total. The average molecular weight is 299 g/mol. The minimum absolute atomic E-state index is 0.153. The van der Waals surface area contributed by atoms with Crippen molar-refractivity contribution in [3.8, 4) is 0 Å². The summed E-state index contributed by atoms with van der Waals surface area (Å²) >= 11 is 0. The fraction of sp³-hybridized carbons (Fsp3) is 0.706. The van der Waals surface area contributed by atoms with Gasteiger partial charge in [0.15, 0.2) is 11.6 Å². The number of Topliss-reactive ketones (excluding diaryl/α,β-unsaturated/α-hetero) is 1. The smallest absolute Gasteiger partial charge is 0.162 e. The van der Waals surface area contributed by atoms with Gasteiger partial charge in [-0.25, -0.2) is 0 Å². The van der Waals surface area contributed by atoms with E-state index in [-0.39, 0.29) is 10.8 Å². The number of carbonyl (C=O) groups excluding carboxylic acids is 1. The third kappa shape index (κ3) is 1.55. The van der Waals surface area contributed by atoms with Crippen LogP contribution in [0.4, 0.5) is 0 Å². The molecular formula is C17H21N3O2. The minimum atomic E-state index is -0.153. The van der Waals surface area contributed by atoms with E-state index >= 15 is 0 Å². The van der Waals surface area contributed by atoms with Crippen molar-refractivity contribution in [2.75, 3.05) is 19.8 Å². The van der Waals surface area contributed by atoms with Crippen LogP contribution in [0.15, 0.2) is 32.9 Å². The quantitative estimate of drug-likeness (QED) is 0.748. The highest BCUT2D eigenvalue weighted by Crippen LogP contribution is 2.58. The van der Waals surface area contributed by atoms with Crippen molar-refractivity contribution in [2.45, 2.75) is 44.9 Å². The molecule has 3 heterocycles. The number of allylic oxidation sites excluding steroid dienone is 2. The Kier molecular flexibility index (Phi) is 2.53. The van der Waals surface area contributed by atoms with Crippen molar-refractivity contribution >= 4 is 5.78 Å². The molecular weight excluding hydrogens is 278 g/mol. The molecule has 0 bridgehead atoms. The van der Waals surface area contributed by atoms with E-state index in [2.05, 4.69) is 15.5 Å². The van der Waals surface area contributed by atoms with Crippen LogP contribution in [0.3, 0.4) is 0 Å². The van der Waals surface area contributed by atoms with Gasteiger partial charge in [-0.1, -0.05) is 6.42 Å². The number of fused-ring (bicyclic) bond motifs is 2. The van der Waals surface area contributed by atoms with Crippen LogP contribution < -0.4 is 5.32 Å². The first-order chi connectivity index (χ1) is 10.7. The molecule has 0 radical (unpaired) electrons. The van der Waals surface area contributed by atoms with Crippen LogP contribution >= 0.6 is 0 Å². The van der Waals surface area contributed by atoms with Gasteiger partial charge in [-0.15, -0.1) is 5.11 Å². The number of carbonyl (C=O) groups is 1. The summed E-state index contributed by atoms with van der Waals surface area (Å²) < 4.78 is 5.60. The Bertz CT molecular complexity index is 649. The SMILES string of the molecule is O=C1CC2(CCC2)CC2=C1C1(CCOCC1)C1=C(N=NC1)N2. The minimum Gasteiger partial charge on any atom is -0.381 e. The van der Waals surface area contributed by atoms with Gasteiger partial charge < -0.3 is 10.1 Å². The highest BCUT2D eigenvalue weighted by atomic mass is 16.5. The number of nitrogens with zero attached hydrogens (tertiary/aromatic N) is 2. The Hall–Kier alpha value is -1.49. The molecule has 0 unspecified atom stereocenters. The van der Waals surface area contributed by atoms with E-state index in [1.165, 1.54) is 24.8 Å². The number of ether oxygens (including phenoxy) is 1. The Morgan fingerprint density at radius 1 is 1.09 bits per heavy atom. The number of hydrogen-bond donors (Lipinski definition) is 1. The maximum absolute atomic E-state index is 13.1. The first-order valence-electron chi connectivity index (χ1n) is 8.45. The first-order valence-corrected chi connectivity index (χ1v) is 8.45. The zero-order valence-corrected chi connectivity index (χ0v) is 12.8. The van der Waals surface area contributed by atoms with E-state index in [4.69, 9.17) is 4.74 Å². The molecule has 1 saturated carbocycles. The lowest BCUT2D eigenvalue weighted by molar-refractivity contribution is -0.122. The Labute approximate surface area is 129 Å². The van der Waals surface area contributed by atoms with E-state index in [0.717, 1.165) is 56.0 Å². The van der Waals surface area contributed by atoms with Gasteiger partial charge in [-0.2, -0.15) is 5.11 Å². The first kappa shape index (κ1) is 13.0. The lowest BCUT2D eigenvalue weighted by Crippen LogP contribution is -2.48. The van der Waals surface area contributed by atoms with Crippen molar-refractivity contribution in [2.24, 2.45) is 21.1 Å². The van der Waals surface area contributed by atoms with Crippen LogP contribution in [0, 0.1) is 10.8 Å². The second kappa shape index (κ2) is 4.28. The van der Waals surface area contributed by atoms with Crippen LogP contribution in [0.1, 0.15) is 44.9 Å². The lowest BCUT2D eigenvalue weighted by atomic mass is 9.55. The van der Waals surface area contributed by atoms with E-state index in [9.17, 15) is 4.79 Å². The number of ketones is 1. The Balaban J connectivity index is 1.63. The lowest BCUT2D eigenvalue weighted by Gasteiger charge is -2.51. The summed E-state index contributed by atoms with van der Waals surface area (Å²) in [5.41, 5.74) is 3.52. The number of azo groups is 1. The predicted molar refractivity (Wildman–Crippen MR) is 79.9 cm³/mol. The monoisotopic (exact) mass is 299 g/mol. The third-order valence-electron chi connectivity index (χ3n) is 6.44. The molecule has 3 aliphatic heterocycles. The number of hydrogen-bond acceptors (Lipinski definition) is 5. The summed E-state index contributed by atoms with van der Waals surface area (Å²) in [4.78, 5) is 13.1. The van der Waals surface area contributed by atoms with Gasteiger partial charge in [0.25, 0.3) is 0 Å². The average Bonchev–Trinajstić information content (AvgIpc) is 2.95. The highest BCUT2D eigenvalue weighted by molar-refractivity contribution is 6.00. The molecule has 0 amide bonds. The van der Waals surface area contributed by atoms with Crippen LogP contribution in [0.25, 0.3) is 0 Å². The van der Waals surface area contributed by atoms with Gasteiger partial charge in [-0.3, -0.25) is 4.79 Å². The van der Waals surface area contributed by atoms with Gasteiger partial charge >= 0.3 is 0 Å². The van der Waals surface area contributed by atoms with Crippen molar-refractivity contribution in [3.63, 3.8) is 0 Å². The summed E-state index contributed by atoms with van der Waals surface area (Å²) in [6, 6.07) is 0. The fourth-order valence-electron chi connectivity index (χ4n) is 5.17. The molecule has 22 heavy (non-hydrogen) atoms. The summed E-state index contributed by atoms with van der Waals surface area (Å²) in [6.07, 6.45) is 7.21. The third-order valence-corrected chi connectivity index (χ3v) is 6.44. The van der Waals surface area contributed by atoms with Crippen molar-refractivity contribution in [1.29, 1.82) is 0 Å². The second-order valence-electron chi connectivity index (χ2n) is 7.53. The molecule has 1 N–H and O–H groups in total. The number of dihydropyridines is 1. The van der Waals surface area contributed by atoms with E-state index < -0.39 is 0 Å². The topological polar surface area (TPSA) is 63.0 Å². The molecule has 2 spiro atoms. The summed E-state index contributed by atoms with van der Waals surface area (Å²) in [5.74, 6) is 1.29. The predicted octanol–water partition coefficient (Wildman–Crippen LogP) is 2.85. The molecule has 116 valence electrons. The number of rotatable bonds is 0. The van der Waals surface area contributed by atoms with Crippen LogP contribution in [0.5, 0.6) is 0 Å². The Morgan fingerprint density at radius 2 is 1.91 bits per heavy atom. The molecule has 0 atom stereocenters. The maximum Gasteiger partial charge on any atom is 0.162 e.